The number of rotatable bonds is 4. The number of anilines is 1. The van der Waals surface area contributed by atoms with Crippen molar-refractivity contribution < 1.29 is 9.18 Å². The van der Waals surface area contributed by atoms with E-state index in [0.717, 1.165) is 16.8 Å². The monoisotopic (exact) mass is 341 g/mol. The van der Waals surface area contributed by atoms with Crippen LogP contribution in [0.4, 0.5) is 10.1 Å². The van der Waals surface area contributed by atoms with E-state index in [1.807, 2.05) is 0 Å². The Hall–Kier alpha value is -2.68. The van der Waals surface area contributed by atoms with Crippen LogP contribution in [0.5, 0.6) is 0 Å². The fraction of sp³-hybridized carbons (Fsp3) is 0.231. The van der Waals surface area contributed by atoms with E-state index in [2.05, 4.69) is 10.4 Å². The maximum Gasteiger partial charge on any atom is 0.352 e. The number of halogens is 2. The maximum atomic E-state index is 14.1. The normalized spacial score (nSPS) is 12.0. The fourth-order valence-corrected chi connectivity index (χ4v) is 1.96. The average Bonchev–Trinajstić information content (AvgIpc) is 2.48. The number of carbonyl (C=O) groups is 1. The molecule has 0 aliphatic rings. The van der Waals surface area contributed by atoms with Crippen molar-refractivity contribution in [2.24, 2.45) is 12.8 Å². The Balaban J connectivity index is 2.60. The lowest BCUT2D eigenvalue weighted by atomic mass is 10.2. The number of hydrogen-bond acceptors (Lipinski definition) is 5. The average molecular weight is 342 g/mol. The molecule has 0 spiro atoms. The number of aromatic nitrogens is 3. The first-order valence-corrected chi connectivity index (χ1v) is 6.80. The van der Waals surface area contributed by atoms with Gasteiger partial charge in [-0.3, -0.25) is 14.2 Å². The first-order chi connectivity index (χ1) is 10.7. The molecular weight excluding hydrogens is 329 g/mol. The highest BCUT2D eigenvalue weighted by Crippen LogP contribution is 2.27. The lowest BCUT2D eigenvalue weighted by Gasteiger charge is -2.15. The molecule has 0 saturated carbocycles. The lowest BCUT2D eigenvalue weighted by Crippen LogP contribution is -2.38. The topological polar surface area (TPSA) is 112 Å². The Morgan fingerprint density at radius 1 is 1.43 bits per heavy atom. The van der Waals surface area contributed by atoms with Crippen molar-refractivity contribution in [1.82, 2.24) is 14.3 Å². The zero-order valence-electron chi connectivity index (χ0n) is 12.2. The Kier molecular flexibility index (Phi) is 4.50. The van der Waals surface area contributed by atoms with Crippen molar-refractivity contribution in [1.29, 1.82) is 0 Å². The van der Waals surface area contributed by atoms with Gasteiger partial charge in [0.15, 0.2) is 5.82 Å². The number of hydrogen-bond donors (Lipinski definition) is 2. The van der Waals surface area contributed by atoms with E-state index >= 15 is 0 Å². The van der Waals surface area contributed by atoms with Crippen molar-refractivity contribution in [3.8, 4) is 5.69 Å². The number of primary amides is 1. The third-order valence-electron chi connectivity index (χ3n) is 3.15. The molecule has 2 aromatic rings. The number of carbonyl (C=O) groups excluding carboxylic acids is 1. The molecule has 1 aromatic carbocycles. The van der Waals surface area contributed by atoms with Gasteiger partial charge in [-0.05, 0) is 19.1 Å². The predicted molar refractivity (Wildman–Crippen MR) is 82.3 cm³/mol. The van der Waals surface area contributed by atoms with Crippen LogP contribution in [0.25, 0.3) is 5.69 Å². The van der Waals surface area contributed by atoms with Gasteiger partial charge in [0.25, 0.3) is 5.56 Å². The third-order valence-corrected chi connectivity index (χ3v) is 3.46. The molecule has 1 heterocycles. The number of benzene rings is 1. The number of amides is 1. The summed E-state index contributed by atoms with van der Waals surface area (Å²) in [4.78, 5) is 34.5. The molecule has 1 atom stereocenters. The van der Waals surface area contributed by atoms with Crippen LogP contribution in [0.3, 0.4) is 0 Å². The number of nitrogens with one attached hydrogen (secondary N) is 1. The fourth-order valence-electron chi connectivity index (χ4n) is 1.76. The highest BCUT2D eigenvalue weighted by atomic mass is 35.5. The van der Waals surface area contributed by atoms with Crippen LogP contribution in [-0.4, -0.2) is 26.3 Å². The highest BCUT2D eigenvalue weighted by molar-refractivity contribution is 6.33. The number of nitrogens with two attached hydrogens (primary N) is 1. The van der Waals surface area contributed by atoms with E-state index in [0.29, 0.717) is 4.68 Å². The first kappa shape index (κ1) is 16.7. The Bertz CT molecular complexity index is 892. The summed E-state index contributed by atoms with van der Waals surface area (Å²) in [6.07, 6.45) is 0.884. The molecule has 1 amide bonds. The molecule has 0 saturated heterocycles. The molecule has 122 valence electrons. The van der Waals surface area contributed by atoms with Gasteiger partial charge in [-0.15, -0.1) is 0 Å². The van der Waals surface area contributed by atoms with Crippen LogP contribution in [0, 0.1) is 5.82 Å². The second kappa shape index (κ2) is 6.21. The van der Waals surface area contributed by atoms with Crippen molar-refractivity contribution in [2.45, 2.75) is 13.0 Å². The Labute approximate surface area is 134 Å². The third kappa shape index (κ3) is 3.24. The zero-order valence-corrected chi connectivity index (χ0v) is 13.0. The summed E-state index contributed by atoms with van der Waals surface area (Å²) in [5, 5.41) is 6.33. The second-order valence-electron chi connectivity index (χ2n) is 4.79. The Morgan fingerprint density at radius 3 is 2.70 bits per heavy atom. The van der Waals surface area contributed by atoms with Gasteiger partial charge in [0.05, 0.1) is 10.7 Å². The van der Waals surface area contributed by atoms with Crippen molar-refractivity contribution in [3.63, 3.8) is 0 Å². The smallest absolute Gasteiger partial charge is 0.352 e. The van der Waals surface area contributed by atoms with Crippen LogP contribution in [-0.2, 0) is 11.8 Å². The summed E-state index contributed by atoms with van der Waals surface area (Å²) in [5.41, 5.74) is 3.66. The van der Waals surface area contributed by atoms with Crippen LogP contribution in [0.1, 0.15) is 6.92 Å². The van der Waals surface area contributed by atoms with Gasteiger partial charge in [0.2, 0.25) is 5.91 Å². The molecule has 0 fully saturated rings. The van der Waals surface area contributed by atoms with E-state index < -0.39 is 29.0 Å². The molecule has 8 nitrogen and oxygen atoms in total. The van der Waals surface area contributed by atoms with Gasteiger partial charge < -0.3 is 11.1 Å². The Morgan fingerprint density at radius 2 is 2.09 bits per heavy atom. The molecule has 3 N–H and O–H groups in total. The van der Waals surface area contributed by atoms with Crippen molar-refractivity contribution in [2.75, 3.05) is 5.32 Å². The highest BCUT2D eigenvalue weighted by Gasteiger charge is 2.16. The minimum atomic E-state index is -0.826. The summed E-state index contributed by atoms with van der Waals surface area (Å²) in [6, 6.07) is 1.40. The summed E-state index contributed by atoms with van der Waals surface area (Å²) in [6.45, 7) is 1.50. The van der Waals surface area contributed by atoms with E-state index in [1.165, 1.54) is 20.0 Å². The van der Waals surface area contributed by atoms with Gasteiger partial charge in [-0.2, -0.15) is 9.78 Å². The molecular formula is C13H13ClFN5O3. The summed E-state index contributed by atoms with van der Waals surface area (Å²) in [7, 11) is 1.24. The van der Waals surface area contributed by atoms with Gasteiger partial charge in [-0.25, -0.2) is 9.18 Å². The van der Waals surface area contributed by atoms with Crippen molar-refractivity contribution in [3.05, 3.63) is 50.0 Å². The van der Waals surface area contributed by atoms with Crippen LogP contribution in [0.15, 0.2) is 27.9 Å². The standard InChI is InChI=1S/C13H13ClFN5O3/c1-6(12(16)22)18-9-4-10(8(15)3-7(9)14)20-13(23)19(2)11(21)5-17-20/h3-6,18H,1-2H3,(H2,16,22)/t6-/m1/s1. The molecule has 1 aromatic heterocycles. The largest absolute Gasteiger partial charge is 0.373 e. The first-order valence-electron chi connectivity index (χ1n) is 6.43. The van der Waals surface area contributed by atoms with E-state index in [9.17, 15) is 18.8 Å². The van der Waals surface area contributed by atoms with Gasteiger partial charge in [0.1, 0.15) is 17.9 Å². The van der Waals surface area contributed by atoms with Crippen molar-refractivity contribution >= 4 is 23.2 Å². The minimum Gasteiger partial charge on any atom is -0.373 e. The molecule has 0 bridgehead atoms. The lowest BCUT2D eigenvalue weighted by molar-refractivity contribution is -0.118. The molecule has 23 heavy (non-hydrogen) atoms. The van der Waals surface area contributed by atoms with E-state index in [1.54, 1.807) is 0 Å². The maximum absolute atomic E-state index is 14.1. The molecule has 2 rings (SSSR count). The summed E-state index contributed by atoms with van der Waals surface area (Å²) >= 11 is 5.92. The second-order valence-corrected chi connectivity index (χ2v) is 5.20. The van der Waals surface area contributed by atoms with Gasteiger partial charge in [-0.1, -0.05) is 11.6 Å². The van der Waals surface area contributed by atoms with Crippen LogP contribution >= 0.6 is 11.6 Å². The van der Waals surface area contributed by atoms with E-state index in [-0.39, 0.29) is 16.4 Å². The van der Waals surface area contributed by atoms with E-state index in [4.69, 9.17) is 17.3 Å². The molecule has 10 heteroatoms. The molecule has 0 aliphatic carbocycles. The summed E-state index contributed by atoms with van der Waals surface area (Å²) < 4.78 is 15.6. The zero-order chi connectivity index (χ0) is 17.3. The number of nitrogens with zero attached hydrogens (tertiary/aromatic N) is 3. The SMILES string of the molecule is C[C@@H](Nc1cc(-n2ncc(=O)n(C)c2=O)c(F)cc1Cl)C(N)=O. The summed E-state index contributed by atoms with van der Waals surface area (Å²) in [5.74, 6) is -1.45. The molecule has 0 unspecified atom stereocenters. The predicted octanol–water partition coefficient (Wildman–Crippen LogP) is 0.00940. The minimum absolute atomic E-state index is 0.00258. The quantitative estimate of drug-likeness (QED) is 0.813. The van der Waals surface area contributed by atoms with Gasteiger partial charge in [0, 0.05) is 7.05 Å². The van der Waals surface area contributed by atoms with Gasteiger partial charge >= 0.3 is 5.69 Å². The molecule has 0 radical (unpaired) electrons. The van der Waals surface area contributed by atoms with Crippen LogP contribution < -0.4 is 22.3 Å². The van der Waals surface area contributed by atoms with Crippen LogP contribution in [0.2, 0.25) is 5.02 Å². The molecule has 0 aliphatic heterocycles.